The number of nitrogen functional groups attached to an aromatic ring is 1. The Morgan fingerprint density at radius 1 is 1.18 bits per heavy atom. The van der Waals surface area contributed by atoms with Crippen LogP contribution in [0.1, 0.15) is 54.3 Å². The van der Waals surface area contributed by atoms with Gasteiger partial charge >= 0.3 is 0 Å². The number of nitrogens with one attached hydrogen (secondary N) is 2. The number of hydrogen-bond donors (Lipinski definition) is 3. The summed E-state index contributed by atoms with van der Waals surface area (Å²) in [5.74, 6) is 1.31. The van der Waals surface area contributed by atoms with Crippen LogP contribution in [0.3, 0.4) is 0 Å². The maximum atomic E-state index is 13.4. The number of nitrogens with zero attached hydrogens (tertiary/aromatic N) is 4. The molecule has 1 aliphatic rings. The van der Waals surface area contributed by atoms with E-state index in [1.54, 1.807) is 18.3 Å². The highest BCUT2D eigenvalue weighted by Crippen LogP contribution is 2.38. The number of anilines is 3. The van der Waals surface area contributed by atoms with Crippen LogP contribution in [-0.2, 0) is 10.0 Å². The Bertz CT molecular complexity index is 1430. The van der Waals surface area contributed by atoms with Gasteiger partial charge < -0.3 is 16.0 Å². The molecule has 0 aromatic carbocycles. The van der Waals surface area contributed by atoms with E-state index in [1.165, 1.54) is 18.2 Å². The number of nitrogens with two attached hydrogens (primary N) is 1. The minimum atomic E-state index is -4.24. The first-order valence-corrected chi connectivity index (χ1v) is 14.1. The summed E-state index contributed by atoms with van der Waals surface area (Å²) < 4.78 is 27.9. The second kappa shape index (κ2) is 10.6. The number of aromatic nitrogens is 3. The van der Waals surface area contributed by atoms with E-state index in [2.05, 4.69) is 59.5 Å². The van der Waals surface area contributed by atoms with Crippen LogP contribution in [0.2, 0.25) is 0 Å². The van der Waals surface area contributed by atoms with Gasteiger partial charge in [-0.3, -0.25) is 4.79 Å². The van der Waals surface area contributed by atoms with Crippen molar-refractivity contribution >= 4 is 33.4 Å². The third kappa shape index (κ3) is 6.04. The molecule has 3 aromatic rings. The standard InChI is InChI=1S/C27H35N7O3S.2H2/c1-17(2)14-29-23-12-9-19(15-30-23)21-11-10-20(25(31-21)34-16-18(3)13-27(34,4)5)26(35)33-38(36,37)24-8-6-7-22(28)32-24;;/h6-12,15,17-18H,13-14,16H2,1-5H3,(H2,28,32)(H,29,30)(H,33,35);2*1H. The molecule has 1 aliphatic heterocycles. The zero-order chi connectivity index (χ0) is 27.7. The molecule has 3 aromatic heterocycles. The molecule has 4 N–H and O–H groups in total. The smallest absolute Gasteiger partial charge is 0.281 e. The second-order valence-corrected chi connectivity index (χ2v) is 12.5. The van der Waals surface area contributed by atoms with E-state index in [0.717, 1.165) is 24.3 Å². The first-order chi connectivity index (χ1) is 17.9. The van der Waals surface area contributed by atoms with E-state index in [-0.39, 0.29) is 24.8 Å². The minimum Gasteiger partial charge on any atom is -0.384 e. The first-order valence-electron chi connectivity index (χ1n) is 12.6. The average Bonchev–Trinajstić information content (AvgIpc) is 3.14. The third-order valence-electron chi connectivity index (χ3n) is 6.45. The van der Waals surface area contributed by atoms with Crippen molar-refractivity contribution in [3.05, 3.63) is 54.2 Å². The Labute approximate surface area is 227 Å². The lowest BCUT2D eigenvalue weighted by molar-refractivity contribution is 0.0981. The molecule has 4 rings (SSSR count). The Hall–Kier alpha value is -3.73. The van der Waals surface area contributed by atoms with Crippen molar-refractivity contribution in [2.24, 2.45) is 11.8 Å². The molecule has 1 amide bonds. The van der Waals surface area contributed by atoms with Crippen molar-refractivity contribution < 1.29 is 16.1 Å². The quantitative estimate of drug-likeness (QED) is 0.377. The molecule has 0 radical (unpaired) electrons. The van der Waals surface area contributed by atoms with E-state index >= 15 is 0 Å². The fourth-order valence-corrected chi connectivity index (χ4v) is 5.66. The van der Waals surface area contributed by atoms with Crippen LogP contribution in [0.4, 0.5) is 17.5 Å². The van der Waals surface area contributed by atoms with Crippen LogP contribution < -0.4 is 20.7 Å². The number of carbonyl (C=O) groups is 1. The van der Waals surface area contributed by atoms with Crippen LogP contribution in [0.15, 0.2) is 53.7 Å². The van der Waals surface area contributed by atoms with Gasteiger partial charge in [-0.2, -0.15) is 8.42 Å². The van der Waals surface area contributed by atoms with Gasteiger partial charge in [0.1, 0.15) is 17.5 Å². The number of amides is 1. The monoisotopic (exact) mass is 541 g/mol. The highest BCUT2D eigenvalue weighted by Gasteiger charge is 2.39. The van der Waals surface area contributed by atoms with Gasteiger partial charge in [0.05, 0.1) is 11.3 Å². The van der Waals surface area contributed by atoms with E-state index in [9.17, 15) is 13.2 Å². The van der Waals surface area contributed by atoms with Crippen molar-refractivity contribution in [3.63, 3.8) is 0 Å². The predicted molar refractivity (Wildman–Crippen MR) is 154 cm³/mol. The van der Waals surface area contributed by atoms with Crippen LogP contribution in [0.5, 0.6) is 0 Å². The molecule has 4 heterocycles. The van der Waals surface area contributed by atoms with Gasteiger partial charge in [-0.25, -0.2) is 19.7 Å². The highest BCUT2D eigenvalue weighted by atomic mass is 32.2. The molecule has 38 heavy (non-hydrogen) atoms. The number of carbonyl (C=O) groups excluding carboxylic acids is 1. The predicted octanol–water partition coefficient (Wildman–Crippen LogP) is 4.42. The van der Waals surface area contributed by atoms with Gasteiger partial charge in [0, 0.05) is 33.2 Å². The van der Waals surface area contributed by atoms with Gasteiger partial charge in [0.2, 0.25) is 0 Å². The summed E-state index contributed by atoms with van der Waals surface area (Å²) >= 11 is 0. The summed E-state index contributed by atoms with van der Waals surface area (Å²) in [6, 6.07) is 11.4. The van der Waals surface area contributed by atoms with Gasteiger partial charge in [0.25, 0.3) is 15.9 Å². The fourth-order valence-electron chi connectivity index (χ4n) is 4.72. The number of rotatable bonds is 8. The van der Waals surface area contributed by atoms with Gasteiger partial charge in [0.15, 0.2) is 5.03 Å². The lowest BCUT2D eigenvalue weighted by Gasteiger charge is -2.34. The van der Waals surface area contributed by atoms with Gasteiger partial charge in [-0.15, -0.1) is 0 Å². The van der Waals surface area contributed by atoms with Crippen LogP contribution in [0, 0.1) is 11.8 Å². The normalized spacial score (nSPS) is 17.0. The van der Waals surface area contributed by atoms with E-state index in [0.29, 0.717) is 29.9 Å². The molecule has 0 bridgehead atoms. The molecular weight excluding hydrogens is 502 g/mol. The summed E-state index contributed by atoms with van der Waals surface area (Å²) in [5.41, 5.74) is 6.94. The molecule has 206 valence electrons. The van der Waals surface area contributed by atoms with Crippen molar-refractivity contribution in [3.8, 4) is 11.3 Å². The summed E-state index contributed by atoms with van der Waals surface area (Å²) in [6.07, 6.45) is 2.64. The van der Waals surface area contributed by atoms with E-state index < -0.39 is 15.9 Å². The summed E-state index contributed by atoms with van der Waals surface area (Å²) in [6.45, 7) is 12.1. The maximum Gasteiger partial charge on any atom is 0.281 e. The molecular formula is C27H39N7O3S. The first kappa shape index (κ1) is 27.3. The molecule has 0 spiro atoms. The molecule has 11 heteroatoms. The van der Waals surface area contributed by atoms with Gasteiger partial charge in [-0.05, 0) is 68.5 Å². The summed E-state index contributed by atoms with van der Waals surface area (Å²) in [5, 5.41) is 2.97. The molecule has 1 atom stereocenters. The topological polar surface area (TPSA) is 143 Å². The van der Waals surface area contributed by atoms with Gasteiger partial charge in [-0.1, -0.05) is 26.8 Å². The summed E-state index contributed by atoms with van der Waals surface area (Å²) in [7, 11) is -4.24. The number of hydrogen-bond acceptors (Lipinski definition) is 9. The molecule has 0 aliphatic carbocycles. The van der Waals surface area contributed by atoms with Crippen molar-refractivity contribution in [1.29, 1.82) is 0 Å². The number of sulfonamides is 1. The van der Waals surface area contributed by atoms with Crippen LogP contribution >= 0.6 is 0 Å². The zero-order valence-electron chi connectivity index (χ0n) is 22.4. The van der Waals surface area contributed by atoms with E-state index in [1.807, 2.05) is 12.1 Å². The Morgan fingerprint density at radius 3 is 2.55 bits per heavy atom. The molecule has 10 nitrogen and oxygen atoms in total. The Kier molecular flexibility index (Phi) is 7.59. The third-order valence-corrected chi connectivity index (χ3v) is 7.68. The second-order valence-electron chi connectivity index (χ2n) is 10.8. The largest absolute Gasteiger partial charge is 0.384 e. The van der Waals surface area contributed by atoms with E-state index in [4.69, 9.17) is 10.7 Å². The number of pyridine rings is 3. The molecule has 1 unspecified atom stereocenters. The zero-order valence-corrected chi connectivity index (χ0v) is 23.2. The molecule has 0 saturated carbocycles. The maximum absolute atomic E-state index is 13.4. The minimum absolute atomic E-state index is 0. The highest BCUT2D eigenvalue weighted by molar-refractivity contribution is 7.90. The SMILES string of the molecule is CC(C)CNc1ccc(-c2ccc(C(=O)NS(=O)(=O)c3cccc(N)n3)c(N3CC(C)CC3(C)C)n2)cn1.[HH].[HH]. The summed E-state index contributed by atoms with van der Waals surface area (Å²) in [4.78, 5) is 28.7. The average molecular weight is 542 g/mol. The lowest BCUT2D eigenvalue weighted by Crippen LogP contribution is -2.41. The Balaban J connectivity index is 0.00000280. The van der Waals surface area contributed by atoms with Crippen molar-refractivity contribution in [1.82, 2.24) is 19.7 Å². The van der Waals surface area contributed by atoms with Crippen molar-refractivity contribution in [2.45, 2.75) is 51.6 Å². The fraction of sp³-hybridized carbons (Fsp3) is 0.407. The lowest BCUT2D eigenvalue weighted by atomic mass is 9.97. The molecule has 1 saturated heterocycles. The van der Waals surface area contributed by atoms with Crippen LogP contribution in [-0.4, -0.2) is 47.9 Å². The van der Waals surface area contributed by atoms with Crippen molar-refractivity contribution in [2.75, 3.05) is 29.0 Å². The Morgan fingerprint density at radius 2 is 1.95 bits per heavy atom. The molecule has 1 fully saturated rings. The van der Waals surface area contributed by atoms with Crippen LogP contribution in [0.25, 0.3) is 11.3 Å².